The average Bonchev–Trinajstić information content (AvgIpc) is 3.39. The van der Waals surface area contributed by atoms with Gasteiger partial charge < -0.3 is 24.3 Å². The Bertz CT molecular complexity index is 1420. The van der Waals surface area contributed by atoms with Crippen LogP contribution < -0.4 is 14.8 Å². The predicted molar refractivity (Wildman–Crippen MR) is 151 cm³/mol. The molecule has 0 aliphatic carbocycles. The number of benzene rings is 2. The molecule has 2 atom stereocenters. The molecule has 1 fully saturated rings. The summed E-state index contributed by atoms with van der Waals surface area (Å²) in [7, 11) is 3.35. The van der Waals surface area contributed by atoms with Crippen LogP contribution in [0, 0.1) is 13.8 Å². The molecule has 2 aromatic heterocycles. The van der Waals surface area contributed by atoms with Crippen molar-refractivity contribution in [2.45, 2.75) is 32.5 Å². The highest BCUT2D eigenvalue weighted by Crippen LogP contribution is 2.43. The third kappa shape index (κ3) is 4.77. The fraction of sp³-hybridized carbons (Fsp3) is 0.241. The van der Waals surface area contributed by atoms with Gasteiger partial charge in [-0.05, 0) is 85.7 Å². The Morgan fingerprint density at radius 2 is 1.78 bits per heavy atom. The Morgan fingerprint density at radius 1 is 1.00 bits per heavy atom. The lowest BCUT2D eigenvalue weighted by Gasteiger charge is -2.28. The van der Waals surface area contributed by atoms with Crippen LogP contribution in [-0.4, -0.2) is 33.8 Å². The maximum atomic E-state index is 6.40. The molecule has 1 saturated heterocycles. The molecule has 1 N–H and O–H groups in total. The molecule has 0 unspecified atom stereocenters. The number of hydrogen-bond acceptors (Lipinski definition) is 4. The summed E-state index contributed by atoms with van der Waals surface area (Å²) in [6.07, 6.45) is 1.82. The van der Waals surface area contributed by atoms with Gasteiger partial charge in [-0.15, -0.1) is 0 Å². The summed E-state index contributed by atoms with van der Waals surface area (Å²) in [5, 5.41) is 4.90. The zero-order valence-electron chi connectivity index (χ0n) is 21.2. The van der Waals surface area contributed by atoms with Crippen LogP contribution >= 0.6 is 23.8 Å². The Morgan fingerprint density at radius 3 is 2.46 bits per heavy atom. The third-order valence-electron chi connectivity index (χ3n) is 6.88. The first-order valence-electron chi connectivity index (χ1n) is 12.0. The number of nitrogens with one attached hydrogen (secondary N) is 1. The van der Waals surface area contributed by atoms with Crippen LogP contribution in [0.25, 0.3) is 5.69 Å². The van der Waals surface area contributed by atoms with E-state index in [0.717, 1.165) is 45.4 Å². The van der Waals surface area contributed by atoms with E-state index in [9.17, 15) is 0 Å². The molecule has 1 aliphatic rings. The van der Waals surface area contributed by atoms with Crippen molar-refractivity contribution in [3.63, 3.8) is 0 Å². The summed E-state index contributed by atoms with van der Waals surface area (Å²) in [5.41, 5.74) is 6.32. The number of pyridine rings is 1. The summed E-state index contributed by atoms with van der Waals surface area (Å²) < 4.78 is 13.2. The highest BCUT2D eigenvalue weighted by molar-refractivity contribution is 7.80. The standard InChI is InChI=1S/C29H29ClN4O2S/c1-18-15-23(19(2)34(18)25-16-21(30)10-13-26(25)36-4)28-27(24-7-5-6-14-31-24)32-29(37)33(28)17-20-8-11-22(35-3)12-9-20/h5-16,27-28H,17H2,1-4H3,(H,32,37)/t27-,28+/m1/s1. The van der Waals surface area contributed by atoms with Crippen LogP contribution in [0.1, 0.15) is 40.3 Å². The van der Waals surface area contributed by atoms with Gasteiger partial charge in [-0.1, -0.05) is 29.8 Å². The molecule has 1 aliphatic heterocycles. The van der Waals surface area contributed by atoms with Gasteiger partial charge in [0, 0.05) is 29.2 Å². The Kier molecular flexibility index (Phi) is 7.09. The van der Waals surface area contributed by atoms with Gasteiger partial charge in [0.05, 0.1) is 37.7 Å². The number of aryl methyl sites for hydroxylation is 1. The average molecular weight is 533 g/mol. The predicted octanol–water partition coefficient (Wildman–Crippen LogP) is 6.33. The van der Waals surface area contributed by atoms with E-state index < -0.39 is 0 Å². The lowest BCUT2D eigenvalue weighted by Crippen LogP contribution is -2.29. The maximum Gasteiger partial charge on any atom is 0.170 e. The lowest BCUT2D eigenvalue weighted by molar-refractivity contribution is 0.310. The number of thiocarbonyl (C=S) groups is 1. The van der Waals surface area contributed by atoms with E-state index >= 15 is 0 Å². The van der Waals surface area contributed by atoms with E-state index in [-0.39, 0.29) is 12.1 Å². The molecule has 0 amide bonds. The first-order chi connectivity index (χ1) is 17.9. The van der Waals surface area contributed by atoms with E-state index in [1.54, 1.807) is 14.2 Å². The van der Waals surface area contributed by atoms with Crippen molar-refractivity contribution in [3.05, 3.63) is 106 Å². The number of nitrogens with zero attached hydrogens (tertiary/aromatic N) is 3. The fourth-order valence-corrected chi connectivity index (χ4v) is 5.61. The molecule has 190 valence electrons. The minimum Gasteiger partial charge on any atom is -0.497 e. The SMILES string of the molecule is COc1ccc(CN2C(=S)N[C@H](c3ccccn3)[C@@H]2c2cc(C)n(-c3cc(Cl)ccc3OC)c2C)cc1. The van der Waals surface area contributed by atoms with Crippen molar-refractivity contribution in [2.24, 2.45) is 0 Å². The number of rotatable bonds is 7. The van der Waals surface area contributed by atoms with Gasteiger partial charge in [0.15, 0.2) is 5.11 Å². The Hall–Kier alpha value is -3.55. The van der Waals surface area contributed by atoms with Crippen molar-refractivity contribution >= 4 is 28.9 Å². The first-order valence-corrected chi connectivity index (χ1v) is 12.8. The molecule has 8 heteroatoms. The summed E-state index contributed by atoms with van der Waals surface area (Å²) in [4.78, 5) is 6.93. The largest absolute Gasteiger partial charge is 0.497 e. The van der Waals surface area contributed by atoms with Gasteiger partial charge in [0.2, 0.25) is 0 Å². The highest BCUT2D eigenvalue weighted by atomic mass is 35.5. The minimum atomic E-state index is -0.109. The first kappa shape index (κ1) is 25.1. The van der Waals surface area contributed by atoms with Gasteiger partial charge in [0.1, 0.15) is 11.5 Å². The molecule has 3 heterocycles. The molecule has 0 bridgehead atoms. The lowest BCUT2D eigenvalue weighted by atomic mass is 9.96. The van der Waals surface area contributed by atoms with Crippen molar-refractivity contribution in [1.29, 1.82) is 0 Å². The molecule has 5 rings (SSSR count). The zero-order valence-corrected chi connectivity index (χ0v) is 22.8. The summed E-state index contributed by atoms with van der Waals surface area (Å²) in [6.45, 7) is 4.88. The van der Waals surface area contributed by atoms with E-state index in [0.29, 0.717) is 16.7 Å². The topological polar surface area (TPSA) is 51.5 Å². The fourth-order valence-electron chi connectivity index (χ4n) is 5.14. The molecule has 0 radical (unpaired) electrons. The van der Waals surface area contributed by atoms with Gasteiger partial charge in [0.25, 0.3) is 0 Å². The molecule has 2 aromatic carbocycles. The van der Waals surface area contributed by atoms with Gasteiger partial charge >= 0.3 is 0 Å². The van der Waals surface area contributed by atoms with Crippen LogP contribution in [0.5, 0.6) is 11.5 Å². The van der Waals surface area contributed by atoms with E-state index in [4.69, 9.17) is 33.3 Å². The summed E-state index contributed by atoms with van der Waals surface area (Å²) in [6, 6.07) is 21.8. The van der Waals surface area contributed by atoms with Crippen LogP contribution in [0.2, 0.25) is 5.02 Å². The van der Waals surface area contributed by atoms with Crippen LogP contribution in [0.15, 0.2) is 72.9 Å². The highest BCUT2D eigenvalue weighted by Gasteiger charge is 2.41. The molecular formula is C29H29ClN4O2S. The van der Waals surface area contributed by atoms with E-state index in [1.807, 2.05) is 54.7 Å². The Labute approximate surface area is 227 Å². The van der Waals surface area contributed by atoms with Gasteiger partial charge in [-0.3, -0.25) is 4.98 Å². The normalized spacial score (nSPS) is 17.1. The molecule has 0 spiro atoms. The van der Waals surface area contributed by atoms with Gasteiger partial charge in [-0.25, -0.2) is 0 Å². The second kappa shape index (κ2) is 10.4. The smallest absolute Gasteiger partial charge is 0.170 e. The summed E-state index contributed by atoms with van der Waals surface area (Å²) >= 11 is 12.3. The van der Waals surface area contributed by atoms with E-state index in [1.165, 1.54) is 0 Å². The second-order valence-corrected chi connectivity index (χ2v) is 9.90. The maximum absolute atomic E-state index is 6.40. The van der Waals surface area contributed by atoms with Crippen LogP contribution in [0.4, 0.5) is 0 Å². The Balaban J connectivity index is 1.62. The van der Waals surface area contributed by atoms with Crippen molar-refractivity contribution in [3.8, 4) is 17.2 Å². The number of methoxy groups -OCH3 is 2. The number of ether oxygens (including phenoxy) is 2. The summed E-state index contributed by atoms with van der Waals surface area (Å²) in [5.74, 6) is 1.59. The number of halogens is 1. The quantitative estimate of drug-likeness (QED) is 0.281. The molecule has 4 aromatic rings. The monoisotopic (exact) mass is 532 g/mol. The van der Waals surface area contributed by atoms with Crippen molar-refractivity contribution < 1.29 is 9.47 Å². The minimum absolute atomic E-state index is 0.0744. The van der Waals surface area contributed by atoms with Gasteiger partial charge in [-0.2, -0.15) is 0 Å². The van der Waals surface area contributed by atoms with Crippen molar-refractivity contribution in [2.75, 3.05) is 14.2 Å². The number of aromatic nitrogens is 2. The zero-order chi connectivity index (χ0) is 26.1. The van der Waals surface area contributed by atoms with E-state index in [2.05, 4.69) is 51.8 Å². The third-order valence-corrected chi connectivity index (χ3v) is 7.47. The molecule has 0 saturated carbocycles. The van der Waals surface area contributed by atoms with Crippen molar-refractivity contribution in [1.82, 2.24) is 19.8 Å². The van der Waals surface area contributed by atoms with Crippen LogP contribution in [0.3, 0.4) is 0 Å². The molecular weight excluding hydrogens is 504 g/mol. The van der Waals surface area contributed by atoms with Crippen LogP contribution in [-0.2, 0) is 6.54 Å². The molecule has 6 nitrogen and oxygen atoms in total. The molecule has 37 heavy (non-hydrogen) atoms. The second-order valence-electron chi connectivity index (χ2n) is 9.08. The number of hydrogen-bond donors (Lipinski definition) is 1.